The summed E-state index contributed by atoms with van der Waals surface area (Å²) in [5, 5.41) is 3.12. The summed E-state index contributed by atoms with van der Waals surface area (Å²) in [5.74, 6) is 1.34. The normalized spacial score (nSPS) is 15.5. The molecule has 0 aromatic heterocycles. The lowest BCUT2D eigenvalue weighted by atomic mass is 10.2. The third kappa shape index (κ3) is 4.51. The van der Waals surface area contributed by atoms with Crippen molar-refractivity contribution in [2.75, 3.05) is 5.32 Å². The second kappa shape index (κ2) is 7.86. The molecule has 0 radical (unpaired) electrons. The van der Waals surface area contributed by atoms with Crippen LogP contribution in [-0.2, 0) is 6.54 Å². The van der Waals surface area contributed by atoms with Gasteiger partial charge >= 0.3 is 0 Å². The Kier molecular flexibility index (Phi) is 5.36. The monoisotopic (exact) mass is 323 g/mol. The molecule has 0 bridgehead atoms. The van der Waals surface area contributed by atoms with E-state index >= 15 is 0 Å². The van der Waals surface area contributed by atoms with Crippen LogP contribution in [0.2, 0.25) is 0 Å². The summed E-state index contributed by atoms with van der Waals surface area (Å²) in [6, 6.07) is 16.2. The maximum atomic E-state index is 6.14. The summed E-state index contributed by atoms with van der Waals surface area (Å²) in [5.41, 5.74) is 9.23. The van der Waals surface area contributed by atoms with Crippen LogP contribution in [0.15, 0.2) is 53.5 Å². The van der Waals surface area contributed by atoms with E-state index < -0.39 is 0 Å². The standard InChI is InChI=1S/C20H25N3O/c1-15-10-12-17(13-11-15)23-20(21)22-14-16-6-2-5-9-19(16)24-18-7-3-4-8-18/h2,5-6,9-13,18H,3-4,7-8,14H2,1H3,(H3,21,22,23). The summed E-state index contributed by atoms with van der Waals surface area (Å²) in [4.78, 5) is 4.45. The molecular weight excluding hydrogens is 298 g/mol. The molecule has 1 aliphatic rings. The minimum atomic E-state index is 0.346. The fourth-order valence-electron chi connectivity index (χ4n) is 2.93. The number of anilines is 1. The van der Waals surface area contributed by atoms with Gasteiger partial charge in [0.15, 0.2) is 5.96 Å². The van der Waals surface area contributed by atoms with Crippen molar-refractivity contribution < 1.29 is 4.74 Å². The number of aryl methyl sites for hydroxylation is 1. The maximum Gasteiger partial charge on any atom is 0.193 e. The van der Waals surface area contributed by atoms with Gasteiger partial charge in [0.1, 0.15) is 5.75 Å². The van der Waals surface area contributed by atoms with E-state index in [4.69, 9.17) is 10.5 Å². The van der Waals surface area contributed by atoms with E-state index in [-0.39, 0.29) is 0 Å². The van der Waals surface area contributed by atoms with Crippen molar-refractivity contribution in [3.05, 3.63) is 59.7 Å². The van der Waals surface area contributed by atoms with Gasteiger partial charge in [0.2, 0.25) is 0 Å². The lowest BCUT2D eigenvalue weighted by Gasteiger charge is -2.15. The van der Waals surface area contributed by atoms with Gasteiger partial charge in [-0.3, -0.25) is 0 Å². The zero-order valence-electron chi connectivity index (χ0n) is 14.2. The highest BCUT2D eigenvalue weighted by Gasteiger charge is 2.17. The van der Waals surface area contributed by atoms with Crippen molar-refractivity contribution in [3.8, 4) is 5.75 Å². The molecule has 0 unspecified atom stereocenters. The highest BCUT2D eigenvalue weighted by atomic mass is 16.5. The lowest BCUT2D eigenvalue weighted by Crippen LogP contribution is -2.22. The third-order valence-electron chi connectivity index (χ3n) is 4.31. The number of nitrogens with two attached hydrogens (primary N) is 1. The van der Waals surface area contributed by atoms with E-state index in [9.17, 15) is 0 Å². The Balaban J connectivity index is 1.63. The average Bonchev–Trinajstić information content (AvgIpc) is 3.09. The Bertz CT molecular complexity index is 688. The van der Waals surface area contributed by atoms with Crippen molar-refractivity contribution in [1.29, 1.82) is 0 Å². The maximum absolute atomic E-state index is 6.14. The van der Waals surface area contributed by atoms with Gasteiger partial charge in [0.05, 0.1) is 12.6 Å². The summed E-state index contributed by atoms with van der Waals surface area (Å²) < 4.78 is 6.14. The Morgan fingerprint density at radius 3 is 2.58 bits per heavy atom. The van der Waals surface area contributed by atoms with Crippen LogP contribution >= 0.6 is 0 Å². The smallest absolute Gasteiger partial charge is 0.193 e. The average molecular weight is 323 g/mol. The predicted molar refractivity (Wildman–Crippen MR) is 99.5 cm³/mol. The second-order valence-electron chi connectivity index (χ2n) is 6.32. The van der Waals surface area contributed by atoms with E-state index in [1.165, 1.54) is 18.4 Å². The van der Waals surface area contributed by atoms with Crippen molar-refractivity contribution >= 4 is 11.6 Å². The fraction of sp³-hybridized carbons (Fsp3) is 0.350. The molecule has 4 nitrogen and oxygen atoms in total. The van der Waals surface area contributed by atoms with Crippen molar-refractivity contribution in [3.63, 3.8) is 0 Å². The minimum absolute atomic E-state index is 0.346. The van der Waals surface area contributed by atoms with E-state index in [1.54, 1.807) is 0 Å². The van der Waals surface area contributed by atoms with E-state index in [1.807, 2.05) is 48.5 Å². The van der Waals surface area contributed by atoms with E-state index in [0.717, 1.165) is 29.8 Å². The largest absolute Gasteiger partial charge is 0.490 e. The van der Waals surface area contributed by atoms with Crippen LogP contribution in [0.4, 0.5) is 5.69 Å². The molecule has 3 N–H and O–H groups in total. The Morgan fingerprint density at radius 2 is 1.83 bits per heavy atom. The molecular formula is C20H25N3O. The van der Waals surface area contributed by atoms with Crippen LogP contribution < -0.4 is 15.8 Å². The molecule has 126 valence electrons. The molecule has 4 heteroatoms. The number of guanidine groups is 1. The molecule has 1 fully saturated rings. The number of para-hydroxylation sites is 1. The number of hydrogen-bond donors (Lipinski definition) is 2. The van der Waals surface area contributed by atoms with Gasteiger partial charge in [0, 0.05) is 11.3 Å². The first-order valence-corrected chi connectivity index (χ1v) is 8.59. The third-order valence-corrected chi connectivity index (χ3v) is 4.31. The molecule has 0 amide bonds. The quantitative estimate of drug-likeness (QED) is 0.639. The number of nitrogens with one attached hydrogen (secondary N) is 1. The summed E-state index contributed by atoms with van der Waals surface area (Å²) in [6.45, 7) is 2.57. The predicted octanol–water partition coefficient (Wildman–Crippen LogP) is 4.24. The minimum Gasteiger partial charge on any atom is -0.490 e. The number of aliphatic imine (C=N–C) groups is 1. The van der Waals surface area contributed by atoms with E-state index in [2.05, 4.69) is 17.2 Å². The van der Waals surface area contributed by atoms with Crippen LogP contribution in [0.1, 0.15) is 36.8 Å². The highest BCUT2D eigenvalue weighted by molar-refractivity contribution is 5.92. The van der Waals surface area contributed by atoms with Gasteiger partial charge in [-0.1, -0.05) is 35.9 Å². The Morgan fingerprint density at radius 1 is 1.12 bits per heavy atom. The van der Waals surface area contributed by atoms with Crippen LogP contribution in [0, 0.1) is 6.92 Å². The number of nitrogens with zero attached hydrogens (tertiary/aromatic N) is 1. The number of benzene rings is 2. The molecule has 0 heterocycles. The van der Waals surface area contributed by atoms with Crippen molar-refractivity contribution in [2.45, 2.75) is 45.3 Å². The molecule has 0 spiro atoms. The molecule has 2 aromatic rings. The van der Waals surface area contributed by atoms with Gasteiger partial charge in [-0.15, -0.1) is 0 Å². The van der Waals surface area contributed by atoms with Gasteiger partial charge < -0.3 is 15.8 Å². The Labute approximate surface area is 143 Å². The molecule has 1 saturated carbocycles. The molecule has 2 aromatic carbocycles. The number of ether oxygens (including phenoxy) is 1. The number of rotatable bonds is 5. The zero-order chi connectivity index (χ0) is 16.8. The zero-order valence-corrected chi connectivity index (χ0v) is 14.2. The summed E-state index contributed by atoms with van der Waals surface area (Å²) in [7, 11) is 0. The topological polar surface area (TPSA) is 59.6 Å². The fourth-order valence-corrected chi connectivity index (χ4v) is 2.93. The van der Waals surface area contributed by atoms with Gasteiger partial charge in [-0.2, -0.15) is 0 Å². The molecule has 0 aliphatic heterocycles. The molecule has 24 heavy (non-hydrogen) atoms. The van der Waals surface area contributed by atoms with Crippen LogP contribution in [0.5, 0.6) is 5.75 Å². The van der Waals surface area contributed by atoms with Gasteiger partial charge in [-0.25, -0.2) is 4.99 Å². The first-order chi connectivity index (χ1) is 11.7. The highest BCUT2D eigenvalue weighted by Crippen LogP contribution is 2.27. The van der Waals surface area contributed by atoms with Crippen molar-refractivity contribution in [2.24, 2.45) is 10.7 Å². The van der Waals surface area contributed by atoms with Crippen LogP contribution in [0.25, 0.3) is 0 Å². The van der Waals surface area contributed by atoms with Crippen LogP contribution in [-0.4, -0.2) is 12.1 Å². The lowest BCUT2D eigenvalue weighted by molar-refractivity contribution is 0.208. The number of hydrogen-bond acceptors (Lipinski definition) is 2. The SMILES string of the molecule is Cc1ccc(NC(N)=NCc2ccccc2OC2CCCC2)cc1. The molecule has 0 atom stereocenters. The first kappa shape index (κ1) is 16.4. The molecule has 0 saturated heterocycles. The van der Waals surface area contributed by atoms with Gasteiger partial charge in [-0.05, 0) is 50.8 Å². The van der Waals surface area contributed by atoms with E-state index in [0.29, 0.717) is 18.6 Å². The van der Waals surface area contributed by atoms with Crippen molar-refractivity contribution in [1.82, 2.24) is 0 Å². The summed E-state index contributed by atoms with van der Waals surface area (Å²) in [6.07, 6.45) is 5.17. The first-order valence-electron chi connectivity index (χ1n) is 8.59. The second-order valence-corrected chi connectivity index (χ2v) is 6.32. The van der Waals surface area contributed by atoms with Crippen LogP contribution in [0.3, 0.4) is 0 Å². The molecule has 1 aliphatic carbocycles. The Hall–Kier alpha value is -2.49. The summed E-state index contributed by atoms with van der Waals surface area (Å²) >= 11 is 0. The van der Waals surface area contributed by atoms with Gasteiger partial charge in [0.25, 0.3) is 0 Å². The molecule has 3 rings (SSSR count).